The summed E-state index contributed by atoms with van der Waals surface area (Å²) < 4.78 is 28.0. The van der Waals surface area contributed by atoms with E-state index in [0.29, 0.717) is 25.7 Å². The molecule has 0 heterocycles. The molecule has 5 heteroatoms. The van der Waals surface area contributed by atoms with Crippen molar-refractivity contribution in [3.63, 3.8) is 0 Å². The van der Waals surface area contributed by atoms with E-state index in [1.807, 2.05) is 6.92 Å². The summed E-state index contributed by atoms with van der Waals surface area (Å²) in [5.41, 5.74) is 0. The predicted octanol–water partition coefficient (Wildman–Crippen LogP) is 1.44. The fourth-order valence-corrected chi connectivity index (χ4v) is 3.03. The van der Waals surface area contributed by atoms with Crippen LogP contribution in [0.2, 0.25) is 0 Å². The zero-order valence-corrected chi connectivity index (χ0v) is 10.0. The minimum Gasteiger partial charge on any atom is -0.393 e. The molecule has 15 heavy (non-hydrogen) atoms. The molecule has 0 aliphatic heterocycles. The SMILES string of the molecule is CCCCCS(=O)(=O)OC1CCC(O)C1. The van der Waals surface area contributed by atoms with Gasteiger partial charge in [0.1, 0.15) is 0 Å². The molecule has 90 valence electrons. The lowest BCUT2D eigenvalue weighted by atomic mass is 10.3. The molecule has 4 nitrogen and oxygen atoms in total. The Morgan fingerprint density at radius 3 is 2.60 bits per heavy atom. The van der Waals surface area contributed by atoms with Crippen molar-refractivity contribution in [3.8, 4) is 0 Å². The molecule has 1 aliphatic rings. The van der Waals surface area contributed by atoms with Crippen LogP contribution in [0, 0.1) is 0 Å². The van der Waals surface area contributed by atoms with E-state index >= 15 is 0 Å². The van der Waals surface area contributed by atoms with Gasteiger partial charge in [-0.3, -0.25) is 4.18 Å². The van der Waals surface area contributed by atoms with Crippen LogP contribution in [0.5, 0.6) is 0 Å². The molecule has 2 unspecified atom stereocenters. The first kappa shape index (κ1) is 12.9. The topological polar surface area (TPSA) is 63.6 Å². The van der Waals surface area contributed by atoms with Gasteiger partial charge in [0, 0.05) is 6.42 Å². The Hall–Kier alpha value is -0.130. The van der Waals surface area contributed by atoms with E-state index in [-0.39, 0.29) is 18.0 Å². The Kier molecular flexibility index (Phi) is 5.02. The van der Waals surface area contributed by atoms with Crippen molar-refractivity contribution in [3.05, 3.63) is 0 Å². The highest BCUT2D eigenvalue weighted by atomic mass is 32.2. The third-order valence-corrected chi connectivity index (χ3v) is 3.99. The largest absolute Gasteiger partial charge is 0.393 e. The standard InChI is InChI=1S/C10H20O4S/c1-2-3-4-7-15(12,13)14-10-6-5-9(11)8-10/h9-11H,2-8H2,1H3. The Morgan fingerprint density at radius 2 is 2.07 bits per heavy atom. The van der Waals surface area contributed by atoms with Crippen LogP contribution in [0.4, 0.5) is 0 Å². The molecule has 0 bridgehead atoms. The molecule has 1 N–H and O–H groups in total. The molecule has 0 amide bonds. The minimum absolute atomic E-state index is 0.105. The van der Waals surface area contributed by atoms with Crippen LogP contribution in [0.15, 0.2) is 0 Å². The number of aliphatic hydroxyl groups excluding tert-OH is 1. The minimum atomic E-state index is -3.37. The van der Waals surface area contributed by atoms with Crippen molar-refractivity contribution < 1.29 is 17.7 Å². The van der Waals surface area contributed by atoms with Crippen LogP contribution in [0.1, 0.15) is 45.4 Å². The van der Waals surface area contributed by atoms with Gasteiger partial charge in [0.15, 0.2) is 0 Å². The van der Waals surface area contributed by atoms with Gasteiger partial charge in [0.05, 0.1) is 18.0 Å². The lowest BCUT2D eigenvalue weighted by Gasteiger charge is -2.10. The maximum absolute atomic E-state index is 11.5. The highest BCUT2D eigenvalue weighted by Crippen LogP contribution is 2.23. The summed E-state index contributed by atoms with van der Waals surface area (Å²) in [6.45, 7) is 2.03. The van der Waals surface area contributed by atoms with Gasteiger partial charge in [0.25, 0.3) is 10.1 Å². The van der Waals surface area contributed by atoms with Crippen molar-refractivity contribution >= 4 is 10.1 Å². The Balaban J connectivity index is 2.29. The zero-order chi connectivity index (χ0) is 11.3. The van der Waals surface area contributed by atoms with Gasteiger partial charge in [-0.25, -0.2) is 0 Å². The van der Waals surface area contributed by atoms with E-state index in [1.54, 1.807) is 0 Å². The summed E-state index contributed by atoms with van der Waals surface area (Å²) in [5.74, 6) is 0.105. The lowest BCUT2D eigenvalue weighted by molar-refractivity contribution is 0.153. The Morgan fingerprint density at radius 1 is 1.33 bits per heavy atom. The fourth-order valence-electron chi connectivity index (χ4n) is 1.79. The Bertz CT molecular complexity index is 273. The molecule has 1 aliphatic carbocycles. The first-order chi connectivity index (χ1) is 7.03. The van der Waals surface area contributed by atoms with Crippen LogP contribution in [-0.2, 0) is 14.3 Å². The molecular weight excluding hydrogens is 216 g/mol. The number of rotatable bonds is 6. The van der Waals surface area contributed by atoms with Crippen molar-refractivity contribution in [1.82, 2.24) is 0 Å². The summed E-state index contributed by atoms with van der Waals surface area (Å²) in [7, 11) is -3.37. The van der Waals surface area contributed by atoms with Crippen LogP contribution in [0.25, 0.3) is 0 Å². The van der Waals surface area contributed by atoms with Gasteiger partial charge in [-0.1, -0.05) is 19.8 Å². The molecule has 1 fully saturated rings. The molecule has 0 aromatic heterocycles. The Labute approximate surface area is 91.8 Å². The molecular formula is C10H20O4S. The number of aliphatic hydroxyl groups is 1. The highest BCUT2D eigenvalue weighted by Gasteiger charge is 2.27. The van der Waals surface area contributed by atoms with E-state index < -0.39 is 10.1 Å². The number of hydrogen-bond donors (Lipinski definition) is 1. The van der Waals surface area contributed by atoms with Crippen LogP contribution < -0.4 is 0 Å². The highest BCUT2D eigenvalue weighted by molar-refractivity contribution is 7.86. The quantitative estimate of drug-likeness (QED) is 0.560. The van der Waals surface area contributed by atoms with Gasteiger partial charge in [-0.05, 0) is 19.3 Å². The van der Waals surface area contributed by atoms with Crippen molar-refractivity contribution in [1.29, 1.82) is 0 Å². The molecule has 0 saturated heterocycles. The summed E-state index contributed by atoms with van der Waals surface area (Å²) in [4.78, 5) is 0. The van der Waals surface area contributed by atoms with Gasteiger partial charge in [-0.15, -0.1) is 0 Å². The number of hydrogen-bond acceptors (Lipinski definition) is 4. The third-order valence-electron chi connectivity index (χ3n) is 2.64. The second kappa shape index (κ2) is 5.82. The fraction of sp³-hybridized carbons (Fsp3) is 1.00. The van der Waals surface area contributed by atoms with Gasteiger partial charge in [-0.2, -0.15) is 8.42 Å². The molecule has 2 atom stereocenters. The first-order valence-electron chi connectivity index (χ1n) is 5.62. The smallest absolute Gasteiger partial charge is 0.267 e. The normalized spacial score (nSPS) is 27.1. The molecule has 0 aromatic carbocycles. The van der Waals surface area contributed by atoms with Crippen molar-refractivity contribution in [2.24, 2.45) is 0 Å². The average molecular weight is 236 g/mol. The van der Waals surface area contributed by atoms with Crippen molar-refractivity contribution in [2.45, 2.75) is 57.7 Å². The summed E-state index contributed by atoms with van der Waals surface area (Å²) >= 11 is 0. The summed E-state index contributed by atoms with van der Waals surface area (Å²) in [6, 6.07) is 0. The maximum Gasteiger partial charge on any atom is 0.267 e. The van der Waals surface area contributed by atoms with E-state index in [1.165, 1.54) is 0 Å². The van der Waals surface area contributed by atoms with Gasteiger partial charge in [0.2, 0.25) is 0 Å². The molecule has 1 saturated carbocycles. The lowest BCUT2D eigenvalue weighted by Crippen LogP contribution is -2.19. The van der Waals surface area contributed by atoms with Crippen LogP contribution in [-0.4, -0.2) is 31.5 Å². The predicted molar refractivity (Wildman–Crippen MR) is 58.0 cm³/mol. The molecule has 1 rings (SSSR count). The number of unbranched alkanes of at least 4 members (excludes halogenated alkanes) is 2. The van der Waals surface area contributed by atoms with E-state index in [4.69, 9.17) is 4.18 Å². The van der Waals surface area contributed by atoms with E-state index in [0.717, 1.165) is 12.8 Å². The second-order valence-electron chi connectivity index (χ2n) is 4.15. The second-order valence-corrected chi connectivity index (χ2v) is 5.87. The van der Waals surface area contributed by atoms with Gasteiger partial charge >= 0.3 is 0 Å². The van der Waals surface area contributed by atoms with E-state index in [9.17, 15) is 13.5 Å². The van der Waals surface area contributed by atoms with Gasteiger partial charge < -0.3 is 5.11 Å². The zero-order valence-electron chi connectivity index (χ0n) is 9.18. The molecule has 0 radical (unpaired) electrons. The third kappa shape index (κ3) is 4.95. The average Bonchev–Trinajstić information content (AvgIpc) is 2.50. The first-order valence-corrected chi connectivity index (χ1v) is 7.20. The monoisotopic (exact) mass is 236 g/mol. The van der Waals surface area contributed by atoms with E-state index in [2.05, 4.69) is 0 Å². The summed E-state index contributed by atoms with van der Waals surface area (Å²) in [5, 5.41) is 9.24. The summed E-state index contributed by atoms with van der Waals surface area (Å²) in [6.07, 6.45) is 3.63. The maximum atomic E-state index is 11.5. The van der Waals surface area contributed by atoms with Crippen molar-refractivity contribution in [2.75, 3.05) is 5.75 Å². The molecule has 0 aromatic rings. The van der Waals surface area contributed by atoms with Crippen LogP contribution >= 0.6 is 0 Å². The molecule has 0 spiro atoms. The van der Waals surface area contributed by atoms with Crippen LogP contribution in [0.3, 0.4) is 0 Å².